The lowest BCUT2D eigenvalue weighted by Crippen LogP contribution is -2.48. The van der Waals surface area contributed by atoms with Crippen LogP contribution in [0.15, 0.2) is 53.5 Å². The predicted molar refractivity (Wildman–Crippen MR) is 171 cm³/mol. The summed E-state index contributed by atoms with van der Waals surface area (Å²) in [6.45, 7) is 7.07. The van der Waals surface area contributed by atoms with Crippen molar-refractivity contribution in [2.45, 2.75) is 38.3 Å². The van der Waals surface area contributed by atoms with E-state index in [0.717, 1.165) is 34.0 Å². The van der Waals surface area contributed by atoms with Crippen molar-refractivity contribution >= 4 is 55.8 Å². The maximum atomic E-state index is 9.35. The summed E-state index contributed by atoms with van der Waals surface area (Å²) in [6.07, 6.45) is 6.70. The minimum atomic E-state index is -0.212. The zero-order valence-electron chi connectivity index (χ0n) is 24.3. The van der Waals surface area contributed by atoms with E-state index >= 15 is 0 Å². The van der Waals surface area contributed by atoms with E-state index in [4.69, 9.17) is 25.1 Å². The molecular formula is C30H34BrClN8O4. The van der Waals surface area contributed by atoms with Crippen LogP contribution >= 0.6 is 28.3 Å². The monoisotopic (exact) mass is 684 g/mol. The minimum absolute atomic E-state index is 0. The van der Waals surface area contributed by atoms with Gasteiger partial charge in [-0.25, -0.2) is 9.97 Å². The number of morpholine rings is 2. The molecule has 2 fully saturated rings. The highest BCUT2D eigenvalue weighted by Crippen LogP contribution is 2.28. The lowest BCUT2D eigenvalue weighted by atomic mass is 10.1. The van der Waals surface area contributed by atoms with Gasteiger partial charge in [0.15, 0.2) is 11.4 Å². The summed E-state index contributed by atoms with van der Waals surface area (Å²) in [6, 6.07) is 11.6. The van der Waals surface area contributed by atoms with E-state index in [0.29, 0.717) is 35.5 Å². The van der Waals surface area contributed by atoms with Crippen LogP contribution in [-0.2, 0) is 9.47 Å². The Kier molecular flexibility index (Phi) is 13.6. The maximum absolute atomic E-state index is 9.35. The smallest absolute Gasteiger partial charge is 0.166 e. The average molecular weight is 686 g/mol. The molecule has 0 unspecified atom stereocenters. The third-order valence-electron chi connectivity index (χ3n) is 6.73. The second-order valence-electron chi connectivity index (χ2n) is 10.0. The van der Waals surface area contributed by atoms with Crippen molar-refractivity contribution in [1.29, 1.82) is 10.5 Å². The van der Waals surface area contributed by atoms with Crippen LogP contribution in [0.25, 0.3) is 21.8 Å². The number of pyridine rings is 4. The Morgan fingerprint density at radius 3 is 2.05 bits per heavy atom. The highest BCUT2D eigenvalue weighted by molar-refractivity contribution is 9.10. The van der Waals surface area contributed by atoms with Crippen LogP contribution < -0.4 is 10.2 Å². The number of hydrogen-bond donors (Lipinski definition) is 3. The number of aliphatic hydroxyl groups is 2. The number of nitrogens with one attached hydrogen (secondary N) is 1. The van der Waals surface area contributed by atoms with Crippen LogP contribution in [-0.4, -0.2) is 94.0 Å². The molecule has 2 saturated heterocycles. The van der Waals surface area contributed by atoms with Gasteiger partial charge in [-0.1, -0.05) is 0 Å². The molecule has 14 heteroatoms. The average Bonchev–Trinajstić information content (AvgIpc) is 3.05. The molecule has 0 spiro atoms. The van der Waals surface area contributed by atoms with E-state index in [1.807, 2.05) is 44.2 Å². The predicted octanol–water partition coefficient (Wildman–Crippen LogP) is 3.13. The van der Waals surface area contributed by atoms with Gasteiger partial charge in [-0.2, -0.15) is 10.5 Å². The van der Waals surface area contributed by atoms with Crippen LogP contribution in [0.1, 0.15) is 25.2 Å². The first-order chi connectivity index (χ1) is 20.9. The third kappa shape index (κ3) is 8.77. The number of nitriles is 2. The van der Waals surface area contributed by atoms with Crippen molar-refractivity contribution in [3.05, 3.63) is 64.9 Å². The number of nitrogens with zero attached hydrogens (tertiary/aromatic N) is 7. The zero-order valence-corrected chi connectivity index (χ0v) is 26.7. The van der Waals surface area contributed by atoms with Crippen LogP contribution in [0.3, 0.4) is 0 Å². The van der Waals surface area contributed by atoms with E-state index in [1.54, 1.807) is 24.8 Å². The van der Waals surface area contributed by atoms with Gasteiger partial charge in [0.2, 0.25) is 0 Å². The molecule has 12 nitrogen and oxygen atoms in total. The van der Waals surface area contributed by atoms with E-state index in [2.05, 4.69) is 52.2 Å². The summed E-state index contributed by atoms with van der Waals surface area (Å²) in [4.78, 5) is 18.7. The van der Waals surface area contributed by atoms with Gasteiger partial charge in [0.05, 0.1) is 49.5 Å². The lowest BCUT2D eigenvalue weighted by Gasteiger charge is -2.37. The number of hydrogen-bond acceptors (Lipinski definition) is 12. The Hall–Kier alpha value is -3.53. The largest absolute Gasteiger partial charge is 0.394 e. The number of aromatic nitrogens is 4. The summed E-state index contributed by atoms with van der Waals surface area (Å²) in [7, 11) is 0. The molecule has 0 aliphatic carbocycles. The second-order valence-corrected chi connectivity index (χ2v) is 10.9. The SMILES string of the molecule is C[C@@H]1CN(c2cnc(C#N)c3ncccc23)C[C@H](CO)O1.C[C@@H]1CNC[C@H](CO)O1.Cl.N#Cc1ncc(Br)c2cccnc12. The van der Waals surface area contributed by atoms with Crippen molar-refractivity contribution in [3.63, 3.8) is 0 Å². The molecule has 4 aromatic heterocycles. The van der Waals surface area contributed by atoms with Crippen molar-refractivity contribution < 1.29 is 19.7 Å². The lowest BCUT2D eigenvalue weighted by molar-refractivity contribution is -0.0518. The Morgan fingerprint density at radius 2 is 1.45 bits per heavy atom. The van der Waals surface area contributed by atoms with E-state index in [9.17, 15) is 5.11 Å². The van der Waals surface area contributed by atoms with Gasteiger partial charge >= 0.3 is 0 Å². The quantitative estimate of drug-likeness (QED) is 0.288. The van der Waals surface area contributed by atoms with Crippen LogP contribution in [0, 0.1) is 22.7 Å². The number of halogens is 2. The number of aliphatic hydroxyl groups excluding tert-OH is 2. The third-order valence-corrected chi connectivity index (χ3v) is 7.37. The first-order valence-corrected chi connectivity index (χ1v) is 14.6. The molecule has 0 aromatic carbocycles. The zero-order chi connectivity index (χ0) is 30.8. The number of ether oxygens (including phenoxy) is 2. The fraction of sp³-hybridized carbons (Fsp3) is 0.400. The van der Waals surface area contributed by atoms with E-state index in [1.165, 1.54) is 0 Å². The summed E-state index contributed by atoms with van der Waals surface area (Å²) >= 11 is 3.35. The van der Waals surface area contributed by atoms with Gasteiger partial charge in [0.1, 0.15) is 23.2 Å². The molecule has 2 aliphatic rings. The highest BCUT2D eigenvalue weighted by Gasteiger charge is 2.26. The Balaban J connectivity index is 0.000000197. The van der Waals surface area contributed by atoms with Crippen LogP contribution in [0.2, 0.25) is 0 Å². The first kappa shape index (κ1) is 35.0. The first-order valence-electron chi connectivity index (χ1n) is 13.8. The fourth-order valence-electron chi connectivity index (χ4n) is 4.83. The summed E-state index contributed by atoms with van der Waals surface area (Å²) in [5.74, 6) is 0. The molecule has 0 bridgehead atoms. The second kappa shape index (κ2) is 17.1. The van der Waals surface area contributed by atoms with Crippen LogP contribution in [0.5, 0.6) is 0 Å². The molecule has 6 rings (SSSR count). The van der Waals surface area contributed by atoms with Crippen molar-refractivity contribution in [2.75, 3.05) is 44.3 Å². The van der Waals surface area contributed by atoms with Gasteiger partial charge in [-0.05, 0) is 54.0 Å². The minimum Gasteiger partial charge on any atom is -0.394 e. The molecule has 2 aliphatic heterocycles. The maximum Gasteiger partial charge on any atom is 0.166 e. The molecule has 0 saturated carbocycles. The van der Waals surface area contributed by atoms with Gasteiger partial charge in [-0.15, -0.1) is 12.4 Å². The molecule has 4 aromatic rings. The fourth-order valence-corrected chi connectivity index (χ4v) is 5.26. The highest BCUT2D eigenvalue weighted by atomic mass is 79.9. The van der Waals surface area contributed by atoms with Crippen LogP contribution in [0.4, 0.5) is 5.69 Å². The number of rotatable bonds is 3. The van der Waals surface area contributed by atoms with Crippen molar-refractivity contribution in [3.8, 4) is 12.1 Å². The summed E-state index contributed by atoms with van der Waals surface area (Å²) in [5.41, 5.74) is 2.86. The molecule has 232 valence electrons. The molecule has 4 atom stereocenters. The van der Waals surface area contributed by atoms with E-state index < -0.39 is 0 Å². The number of anilines is 1. The van der Waals surface area contributed by atoms with Crippen molar-refractivity contribution in [2.24, 2.45) is 0 Å². The molecule has 0 radical (unpaired) electrons. The molecule has 3 N–H and O–H groups in total. The molecular weight excluding hydrogens is 652 g/mol. The Labute approximate surface area is 270 Å². The summed E-state index contributed by atoms with van der Waals surface area (Å²) < 4.78 is 11.8. The number of fused-ring (bicyclic) bond motifs is 2. The summed E-state index contributed by atoms with van der Waals surface area (Å²) in [5, 5.41) is 40.8. The topological polar surface area (TPSA) is 173 Å². The molecule has 0 amide bonds. The Morgan fingerprint density at radius 1 is 0.864 bits per heavy atom. The standard InChI is InChI=1S/C15H16N4O2.C9H4BrN3.C6H13NO2.ClH/c1-10-7-19(8-11(9-20)21-10)14-6-18-13(5-16)15-12(14)3-2-4-17-15;10-7-5-13-8(4-11)9-6(7)2-1-3-12-9;1-5-2-7-3-6(4-8)9-5;/h2-4,6,10-11,20H,7-9H2,1H3;1-3,5H;5-8H,2-4H2,1H3;1H/t10-,11-;;5-,6-;/m1.1./s1. The van der Waals surface area contributed by atoms with Gasteiger partial charge in [0.25, 0.3) is 0 Å². The van der Waals surface area contributed by atoms with E-state index in [-0.39, 0.29) is 50.0 Å². The molecule has 6 heterocycles. The molecule has 44 heavy (non-hydrogen) atoms. The van der Waals surface area contributed by atoms with Gasteiger partial charge in [-0.3, -0.25) is 9.97 Å². The Bertz CT molecular complexity index is 1620. The van der Waals surface area contributed by atoms with Gasteiger partial charge in [0, 0.05) is 60.0 Å². The van der Waals surface area contributed by atoms with Gasteiger partial charge < -0.3 is 29.9 Å². The normalized spacial score (nSPS) is 21.0. The van der Waals surface area contributed by atoms with Crippen molar-refractivity contribution in [1.82, 2.24) is 25.3 Å².